The second kappa shape index (κ2) is 4.98. The molecule has 4 nitrogen and oxygen atoms in total. The quantitative estimate of drug-likeness (QED) is 0.861. The van der Waals surface area contributed by atoms with Gasteiger partial charge in [0.15, 0.2) is 9.84 Å². The topological polar surface area (TPSA) is 54.5 Å². The van der Waals surface area contributed by atoms with Crippen LogP contribution in [0.15, 0.2) is 29.7 Å². The molecule has 0 spiro atoms. The molecule has 1 aliphatic heterocycles. The molecule has 1 atom stereocenters. The maximum absolute atomic E-state index is 12.6. The fraction of sp³-hybridized carbons (Fsp3) is 0.438. The Kier molecular flexibility index (Phi) is 3.40. The summed E-state index contributed by atoms with van der Waals surface area (Å²) in [5.41, 5.74) is 2.95. The number of aryl methyl sites for hydroxylation is 2. The van der Waals surface area contributed by atoms with Crippen molar-refractivity contribution in [3.63, 3.8) is 0 Å². The van der Waals surface area contributed by atoms with Gasteiger partial charge >= 0.3 is 0 Å². The zero-order chi connectivity index (χ0) is 15.2. The molecule has 0 aromatic heterocycles. The Balaban J connectivity index is 2.00. The molecular formula is C16H19NO3S. The van der Waals surface area contributed by atoms with Gasteiger partial charge in [-0.15, -0.1) is 0 Å². The second-order valence-corrected chi connectivity index (χ2v) is 7.99. The fourth-order valence-electron chi connectivity index (χ4n) is 2.82. The number of amides is 1. The van der Waals surface area contributed by atoms with E-state index in [1.165, 1.54) is 5.41 Å². The van der Waals surface area contributed by atoms with Gasteiger partial charge in [0.05, 0.1) is 11.8 Å². The Hall–Kier alpha value is -1.62. The van der Waals surface area contributed by atoms with Crippen LogP contribution in [-0.4, -0.2) is 26.1 Å². The van der Waals surface area contributed by atoms with Crippen LogP contribution < -0.4 is 4.90 Å². The van der Waals surface area contributed by atoms with E-state index in [0.29, 0.717) is 0 Å². The minimum absolute atomic E-state index is 0.0154. The molecule has 1 aliphatic carbocycles. The Bertz CT molecular complexity index is 697. The first-order valence-corrected chi connectivity index (χ1v) is 8.89. The van der Waals surface area contributed by atoms with Crippen LogP contribution in [0, 0.1) is 19.8 Å². The second-order valence-electron chi connectivity index (χ2n) is 6.05. The van der Waals surface area contributed by atoms with Gasteiger partial charge in [-0.3, -0.25) is 4.79 Å². The minimum atomic E-state index is -3.18. The molecule has 1 saturated carbocycles. The number of carbonyl (C=O) groups is 1. The smallest absolute Gasteiger partial charge is 0.230 e. The Morgan fingerprint density at radius 1 is 1.14 bits per heavy atom. The number of anilines is 1. The van der Waals surface area contributed by atoms with Gasteiger partial charge < -0.3 is 4.90 Å². The highest BCUT2D eigenvalue weighted by Crippen LogP contribution is 2.35. The molecule has 0 unspecified atom stereocenters. The molecule has 1 amide bonds. The lowest BCUT2D eigenvalue weighted by molar-refractivity contribution is -0.120. The molecule has 1 heterocycles. The largest absolute Gasteiger partial charge is 0.304 e. The summed E-state index contributed by atoms with van der Waals surface area (Å²) in [4.78, 5) is 14.3. The van der Waals surface area contributed by atoms with E-state index < -0.39 is 9.84 Å². The number of hydrogen-bond acceptors (Lipinski definition) is 3. The third kappa shape index (κ3) is 3.02. The van der Waals surface area contributed by atoms with Crippen LogP contribution in [0.5, 0.6) is 0 Å². The Labute approximate surface area is 125 Å². The fourth-order valence-corrected chi connectivity index (χ4v) is 4.09. The highest BCUT2D eigenvalue weighted by atomic mass is 32.2. The lowest BCUT2D eigenvalue weighted by Gasteiger charge is -2.28. The summed E-state index contributed by atoms with van der Waals surface area (Å²) < 4.78 is 23.4. The van der Waals surface area contributed by atoms with E-state index in [1.54, 1.807) is 11.0 Å². The average molecular weight is 305 g/mol. The summed E-state index contributed by atoms with van der Waals surface area (Å²) in [7, 11) is -3.18. The van der Waals surface area contributed by atoms with Crippen molar-refractivity contribution in [3.8, 4) is 0 Å². The first-order valence-electron chi connectivity index (χ1n) is 7.18. The zero-order valence-electron chi connectivity index (χ0n) is 12.2. The highest BCUT2D eigenvalue weighted by Gasteiger charge is 2.39. The number of sulfone groups is 1. The normalized spacial score (nSPS) is 23.2. The lowest BCUT2D eigenvalue weighted by Crippen LogP contribution is -2.42. The molecule has 1 aromatic carbocycles. The summed E-state index contributed by atoms with van der Waals surface area (Å²) in [5.74, 6) is 0.0904. The summed E-state index contributed by atoms with van der Waals surface area (Å²) in [6, 6.07) is 5.56. The Morgan fingerprint density at radius 3 is 2.24 bits per heavy atom. The third-order valence-corrected chi connectivity index (χ3v) is 5.27. The Morgan fingerprint density at radius 2 is 1.76 bits per heavy atom. The minimum Gasteiger partial charge on any atom is -0.304 e. The van der Waals surface area contributed by atoms with Gasteiger partial charge in [0, 0.05) is 17.0 Å². The third-order valence-electron chi connectivity index (χ3n) is 3.89. The zero-order valence-corrected chi connectivity index (χ0v) is 13.1. The van der Waals surface area contributed by atoms with E-state index in [-0.39, 0.29) is 23.6 Å². The molecule has 2 aliphatic rings. The standard InChI is InChI=1S/C16H19NO3S/c1-11-7-12(2)9-15(8-11)17(16(18)13-3-4-13)14-5-6-21(19,20)10-14/h5-9,13-14H,3-4,10H2,1-2H3/t14-/m1/s1. The van der Waals surface area contributed by atoms with E-state index in [9.17, 15) is 13.2 Å². The highest BCUT2D eigenvalue weighted by molar-refractivity contribution is 7.94. The predicted molar refractivity (Wildman–Crippen MR) is 82.8 cm³/mol. The molecule has 0 bridgehead atoms. The van der Waals surface area contributed by atoms with Crippen LogP contribution in [0.2, 0.25) is 0 Å². The predicted octanol–water partition coefficient (Wildman–Crippen LogP) is 2.36. The van der Waals surface area contributed by atoms with Crippen molar-refractivity contribution in [2.45, 2.75) is 32.7 Å². The van der Waals surface area contributed by atoms with Crippen molar-refractivity contribution in [3.05, 3.63) is 40.8 Å². The molecule has 0 N–H and O–H groups in total. The SMILES string of the molecule is Cc1cc(C)cc(N(C(=O)C2CC2)[C@@H]2C=CS(=O)(=O)C2)c1. The van der Waals surface area contributed by atoms with Gasteiger partial charge in [0.25, 0.3) is 0 Å². The van der Waals surface area contributed by atoms with Crippen LogP contribution in [-0.2, 0) is 14.6 Å². The summed E-state index contributed by atoms with van der Waals surface area (Å²) in [5, 5.41) is 1.23. The molecule has 0 saturated heterocycles. The van der Waals surface area contributed by atoms with E-state index in [0.717, 1.165) is 29.7 Å². The van der Waals surface area contributed by atoms with Crippen molar-refractivity contribution >= 4 is 21.4 Å². The number of nitrogens with zero attached hydrogens (tertiary/aromatic N) is 1. The molecule has 3 rings (SSSR count). The number of benzene rings is 1. The van der Waals surface area contributed by atoms with Gasteiger partial charge in [-0.2, -0.15) is 0 Å². The van der Waals surface area contributed by atoms with Crippen molar-refractivity contribution in [1.29, 1.82) is 0 Å². The molecule has 5 heteroatoms. The summed E-state index contributed by atoms with van der Waals surface area (Å²) >= 11 is 0. The van der Waals surface area contributed by atoms with Crippen molar-refractivity contribution in [2.24, 2.45) is 5.92 Å². The van der Waals surface area contributed by atoms with Gasteiger partial charge in [0.1, 0.15) is 0 Å². The summed E-state index contributed by atoms with van der Waals surface area (Å²) in [6.07, 6.45) is 3.44. The maximum Gasteiger partial charge on any atom is 0.230 e. The van der Waals surface area contributed by atoms with Gasteiger partial charge in [-0.05, 0) is 56.0 Å². The lowest BCUT2D eigenvalue weighted by atomic mass is 10.1. The van der Waals surface area contributed by atoms with Crippen molar-refractivity contribution in [2.75, 3.05) is 10.7 Å². The van der Waals surface area contributed by atoms with Crippen LogP contribution in [0.1, 0.15) is 24.0 Å². The van der Waals surface area contributed by atoms with Crippen LogP contribution >= 0.6 is 0 Å². The van der Waals surface area contributed by atoms with E-state index in [4.69, 9.17) is 0 Å². The van der Waals surface area contributed by atoms with Gasteiger partial charge in [-0.25, -0.2) is 8.42 Å². The first-order chi connectivity index (χ1) is 9.85. The number of carbonyl (C=O) groups excluding carboxylic acids is 1. The van der Waals surface area contributed by atoms with E-state index in [1.807, 2.05) is 32.0 Å². The average Bonchev–Trinajstić information content (AvgIpc) is 3.14. The molecule has 0 radical (unpaired) electrons. The molecule has 112 valence electrons. The molecule has 1 aromatic rings. The van der Waals surface area contributed by atoms with Crippen LogP contribution in [0.25, 0.3) is 0 Å². The van der Waals surface area contributed by atoms with Crippen LogP contribution in [0.3, 0.4) is 0 Å². The van der Waals surface area contributed by atoms with E-state index in [2.05, 4.69) is 0 Å². The summed E-state index contributed by atoms with van der Waals surface area (Å²) in [6.45, 7) is 3.97. The number of rotatable bonds is 3. The van der Waals surface area contributed by atoms with Crippen molar-refractivity contribution < 1.29 is 13.2 Å². The van der Waals surface area contributed by atoms with Crippen LogP contribution in [0.4, 0.5) is 5.69 Å². The first kappa shape index (κ1) is 14.3. The monoisotopic (exact) mass is 305 g/mol. The molecule has 21 heavy (non-hydrogen) atoms. The molecule has 1 fully saturated rings. The number of hydrogen-bond donors (Lipinski definition) is 0. The van der Waals surface area contributed by atoms with Crippen molar-refractivity contribution in [1.82, 2.24) is 0 Å². The van der Waals surface area contributed by atoms with Gasteiger partial charge in [0.2, 0.25) is 5.91 Å². The van der Waals surface area contributed by atoms with Gasteiger partial charge in [-0.1, -0.05) is 6.07 Å². The van der Waals surface area contributed by atoms with E-state index >= 15 is 0 Å². The maximum atomic E-state index is 12.6. The molecular weight excluding hydrogens is 286 g/mol.